The molecule has 3 rings (SSSR count). The summed E-state index contributed by atoms with van der Waals surface area (Å²) in [6.07, 6.45) is 1.71. The first-order chi connectivity index (χ1) is 11.5. The number of carboxylic acid groups (broad SMARTS) is 1. The van der Waals surface area contributed by atoms with Gasteiger partial charge in [-0.1, -0.05) is 0 Å². The monoisotopic (exact) mass is 325 g/mol. The Bertz CT molecular complexity index is 931. The largest absolute Gasteiger partial charge is 0.478 e. The minimum absolute atomic E-state index is 0.152. The van der Waals surface area contributed by atoms with Crippen molar-refractivity contribution < 1.29 is 14.7 Å². The summed E-state index contributed by atoms with van der Waals surface area (Å²) < 4.78 is 1.73. The average Bonchev–Trinajstić information content (AvgIpc) is 3.00. The molecule has 0 unspecified atom stereocenters. The van der Waals surface area contributed by atoms with Crippen LogP contribution in [0.4, 0.5) is 5.69 Å². The van der Waals surface area contributed by atoms with Crippen molar-refractivity contribution in [3.05, 3.63) is 53.1 Å². The van der Waals surface area contributed by atoms with E-state index in [4.69, 9.17) is 5.11 Å². The maximum Gasteiger partial charge on any atom is 0.335 e. The Hall–Kier alpha value is -3.29. The average molecular weight is 325 g/mol. The van der Waals surface area contributed by atoms with Gasteiger partial charge in [0.1, 0.15) is 6.33 Å². The molecule has 0 aliphatic rings. The molecule has 2 heterocycles. The molecule has 2 aromatic heterocycles. The first-order valence-electron chi connectivity index (χ1n) is 7.24. The summed E-state index contributed by atoms with van der Waals surface area (Å²) in [6.45, 7) is 3.71. The number of nitrogens with zero attached hydrogens (tertiary/aromatic N) is 4. The SMILES string of the molecule is Cc1nc2nncn2c(C)c1CC(=O)Nc1ccc(C(=O)O)cc1. The zero-order valence-electron chi connectivity index (χ0n) is 13.1. The Balaban J connectivity index is 1.78. The van der Waals surface area contributed by atoms with E-state index >= 15 is 0 Å². The van der Waals surface area contributed by atoms with Gasteiger partial charge in [0.05, 0.1) is 12.0 Å². The van der Waals surface area contributed by atoms with Gasteiger partial charge in [0.25, 0.3) is 5.78 Å². The fraction of sp³-hybridized carbons (Fsp3) is 0.188. The maximum absolute atomic E-state index is 12.3. The molecule has 8 heteroatoms. The van der Waals surface area contributed by atoms with E-state index in [2.05, 4.69) is 20.5 Å². The van der Waals surface area contributed by atoms with Crippen LogP contribution in [0.1, 0.15) is 27.3 Å². The Labute approximate surface area is 137 Å². The van der Waals surface area contributed by atoms with Crippen LogP contribution in [0, 0.1) is 13.8 Å². The molecule has 0 bridgehead atoms. The van der Waals surface area contributed by atoms with Crippen LogP contribution < -0.4 is 5.32 Å². The minimum Gasteiger partial charge on any atom is -0.478 e. The normalized spacial score (nSPS) is 10.8. The molecule has 3 aromatic rings. The highest BCUT2D eigenvalue weighted by molar-refractivity contribution is 5.93. The van der Waals surface area contributed by atoms with E-state index in [9.17, 15) is 9.59 Å². The highest BCUT2D eigenvalue weighted by atomic mass is 16.4. The van der Waals surface area contributed by atoms with Gasteiger partial charge in [-0.05, 0) is 38.1 Å². The molecule has 24 heavy (non-hydrogen) atoms. The first-order valence-corrected chi connectivity index (χ1v) is 7.24. The van der Waals surface area contributed by atoms with Gasteiger partial charge < -0.3 is 10.4 Å². The van der Waals surface area contributed by atoms with E-state index in [1.54, 1.807) is 22.9 Å². The highest BCUT2D eigenvalue weighted by Gasteiger charge is 2.14. The molecule has 0 aliphatic carbocycles. The molecule has 8 nitrogen and oxygen atoms in total. The number of benzene rings is 1. The zero-order chi connectivity index (χ0) is 17.3. The van der Waals surface area contributed by atoms with Crippen molar-refractivity contribution in [3.63, 3.8) is 0 Å². The number of carbonyl (C=O) groups excluding carboxylic acids is 1. The van der Waals surface area contributed by atoms with Crippen molar-refractivity contribution in [1.82, 2.24) is 19.6 Å². The van der Waals surface area contributed by atoms with E-state index in [0.29, 0.717) is 11.5 Å². The number of nitrogens with one attached hydrogen (secondary N) is 1. The van der Waals surface area contributed by atoms with Crippen LogP contribution in [0.25, 0.3) is 5.78 Å². The molecule has 122 valence electrons. The van der Waals surface area contributed by atoms with Gasteiger partial charge in [0.2, 0.25) is 5.91 Å². The number of hydrogen-bond donors (Lipinski definition) is 2. The summed E-state index contributed by atoms with van der Waals surface area (Å²) >= 11 is 0. The number of aryl methyl sites for hydroxylation is 2. The van der Waals surface area contributed by atoms with Gasteiger partial charge in [-0.25, -0.2) is 9.78 Å². The summed E-state index contributed by atoms with van der Waals surface area (Å²) in [7, 11) is 0. The number of aromatic carboxylic acids is 1. The Morgan fingerprint density at radius 3 is 2.58 bits per heavy atom. The zero-order valence-corrected chi connectivity index (χ0v) is 13.1. The summed E-state index contributed by atoms with van der Waals surface area (Å²) in [5.74, 6) is -0.718. The number of fused-ring (bicyclic) bond motifs is 1. The van der Waals surface area contributed by atoms with E-state index in [1.165, 1.54) is 12.1 Å². The second-order valence-electron chi connectivity index (χ2n) is 5.37. The Kier molecular flexibility index (Phi) is 3.95. The van der Waals surface area contributed by atoms with Crippen LogP contribution in [-0.2, 0) is 11.2 Å². The van der Waals surface area contributed by atoms with Gasteiger partial charge in [0, 0.05) is 22.6 Å². The van der Waals surface area contributed by atoms with Crippen LogP contribution in [0.15, 0.2) is 30.6 Å². The second-order valence-corrected chi connectivity index (χ2v) is 5.37. The third-order valence-electron chi connectivity index (χ3n) is 3.79. The van der Waals surface area contributed by atoms with E-state index < -0.39 is 5.97 Å². The van der Waals surface area contributed by atoms with Crippen molar-refractivity contribution in [3.8, 4) is 0 Å². The summed E-state index contributed by atoms with van der Waals surface area (Å²) in [6, 6.07) is 6.00. The summed E-state index contributed by atoms with van der Waals surface area (Å²) in [5.41, 5.74) is 3.10. The quantitative estimate of drug-likeness (QED) is 0.754. The molecule has 0 saturated heterocycles. The predicted octanol–water partition coefficient (Wildman–Crippen LogP) is 1.62. The molecule has 0 atom stereocenters. The van der Waals surface area contributed by atoms with Gasteiger partial charge in [-0.15, -0.1) is 10.2 Å². The van der Waals surface area contributed by atoms with Gasteiger partial charge in [-0.3, -0.25) is 9.20 Å². The predicted molar refractivity (Wildman–Crippen MR) is 86.0 cm³/mol. The van der Waals surface area contributed by atoms with E-state index in [-0.39, 0.29) is 17.9 Å². The lowest BCUT2D eigenvalue weighted by molar-refractivity contribution is -0.115. The number of amides is 1. The molecule has 0 spiro atoms. The number of anilines is 1. The molecule has 0 fully saturated rings. The van der Waals surface area contributed by atoms with Gasteiger partial charge in [-0.2, -0.15) is 0 Å². The molecular weight excluding hydrogens is 310 g/mol. The number of carboxylic acids is 1. The fourth-order valence-corrected chi connectivity index (χ4v) is 2.48. The number of aromatic nitrogens is 4. The summed E-state index contributed by atoms with van der Waals surface area (Å²) in [4.78, 5) is 27.4. The molecule has 1 amide bonds. The van der Waals surface area contributed by atoms with Gasteiger partial charge >= 0.3 is 5.97 Å². The third kappa shape index (κ3) is 2.94. The summed E-state index contributed by atoms with van der Waals surface area (Å²) in [5, 5.41) is 19.3. The molecular formula is C16H15N5O3. The van der Waals surface area contributed by atoms with Crippen LogP contribution in [0.2, 0.25) is 0 Å². The van der Waals surface area contributed by atoms with Crippen molar-refractivity contribution >= 4 is 23.3 Å². The fourth-order valence-electron chi connectivity index (χ4n) is 2.48. The van der Waals surface area contributed by atoms with Crippen LogP contribution in [0.3, 0.4) is 0 Å². The van der Waals surface area contributed by atoms with Gasteiger partial charge in [0.15, 0.2) is 0 Å². The first kappa shape index (κ1) is 15.6. The molecule has 0 saturated carbocycles. The van der Waals surface area contributed by atoms with Crippen LogP contribution >= 0.6 is 0 Å². The Morgan fingerprint density at radius 1 is 1.21 bits per heavy atom. The van der Waals surface area contributed by atoms with Crippen molar-refractivity contribution in [2.45, 2.75) is 20.3 Å². The van der Waals surface area contributed by atoms with E-state index in [0.717, 1.165) is 17.0 Å². The molecule has 2 N–H and O–H groups in total. The van der Waals surface area contributed by atoms with Crippen LogP contribution in [-0.4, -0.2) is 36.6 Å². The topological polar surface area (TPSA) is 109 Å². The third-order valence-corrected chi connectivity index (χ3v) is 3.79. The molecule has 0 aliphatic heterocycles. The van der Waals surface area contributed by atoms with Crippen molar-refractivity contribution in [2.75, 3.05) is 5.32 Å². The van der Waals surface area contributed by atoms with Crippen molar-refractivity contribution in [1.29, 1.82) is 0 Å². The number of hydrogen-bond acceptors (Lipinski definition) is 5. The lowest BCUT2D eigenvalue weighted by atomic mass is 10.1. The molecule has 1 aromatic carbocycles. The lowest BCUT2D eigenvalue weighted by Gasteiger charge is -2.11. The standard InChI is InChI=1S/C16H15N5O3/c1-9-13(10(2)21-8-17-20-16(21)18-9)7-14(22)19-12-5-3-11(4-6-12)15(23)24/h3-6,8H,7H2,1-2H3,(H,19,22)(H,23,24). The van der Waals surface area contributed by atoms with Crippen molar-refractivity contribution in [2.24, 2.45) is 0 Å². The smallest absolute Gasteiger partial charge is 0.335 e. The number of rotatable bonds is 4. The molecule has 0 radical (unpaired) electrons. The maximum atomic E-state index is 12.3. The highest BCUT2D eigenvalue weighted by Crippen LogP contribution is 2.15. The van der Waals surface area contributed by atoms with Crippen LogP contribution in [0.5, 0.6) is 0 Å². The minimum atomic E-state index is -1.01. The lowest BCUT2D eigenvalue weighted by Crippen LogP contribution is -2.17. The second kappa shape index (κ2) is 6.07. The number of carbonyl (C=O) groups is 2. The van der Waals surface area contributed by atoms with E-state index in [1.807, 2.05) is 13.8 Å². The Morgan fingerprint density at radius 2 is 1.92 bits per heavy atom.